The summed E-state index contributed by atoms with van der Waals surface area (Å²) in [4.78, 5) is 229. The van der Waals surface area contributed by atoms with Crippen molar-refractivity contribution in [3.05, 3.63) is 0 Å². The molecule has 0 radical (unpaired) electrons. The number of rotatable bonds is 62. The maximum absolute atomic E-state index is 13.3. The normalized spacial score (nSPS) is 17.2. The summed E-state index contributed by atoms with van der Waals surface area (Å²) in [6.07, 6.45) is 16.4. The lowest BCUT2D eigenvalue weighted by Gasteiger charge is -2.20. The van der Waals surface area contributed by atoms with E-state index in [9.17, 15) is 86.3 Å². The summed E-state index contributed by atoms with van der Waals surface area (Å²) >= 11 is 6.53. The molecule has 4 aliphatic heterocycles. The SMILES string of the molecule is O=C(CCS)NCCCCCCNC(=O)CCCCCNC(=O)CCN1C(=O)CC(SCCC(=O)NCCCCCCNC(=O)CCCCCNC(=O)CCN2C(=O)CC(SCCC(=O)NCCCCCCNC(=O)[C@H](CCCCNC(=O)CCN3C(=O)CC(P)C3=O)NC(=O)CCN3C(=O)CC(P)C3=O)C2=O)C1=O. The van der Waals surface area contributed by atoms with Crippen molar-refractivity contribution in [1.29, 1.82) is 0 Å². The molecule has 4 fully saturated rings. The number of likely N-dealkylation sites (tertiary alicyclic amines) is 4. The van der Waals surface area contributed by atoms with Gasteiger partial charge in [0, 0.05) is 180 Å². The summed E-state index contributed by atoms with van der Waals surface area (Å²) in [6.45, 7) is 3.92. The van der Waals surface area contributed by atoms with Gasteiger partial charge < -0.3 is 53.2 Å². The number of hydrogen-bond acceptors (Lipinski definition) is 21. The highest BCUT2D eigenvalue weighted by Gasteiger charge is 2.41. The maximum Gasteiger partial charge on any atom is 0.242 e. The topological polar surface area (TPSA) is 441 Å². The summed E-state index contributed by atoms with van der Waals surface area (Å²) in [5.41, 5.74) is -1.02. The van der Waals surface area contributed by atoms with E-state index < -0.39 is 39.7 Å². The summed E-state index contributed by atoms with van der Waals surface area (Å²) in [6, 6.07) is -0.923. The second-order valence-electron chi connectivity index (χ2n) is 27.8. The molecule has 0 saturated carbocycles. The Hall–Kier alpha value is -6.83. The van der Waals surface area contributed by atoms with Gasteiger partial charge in [-0.25, -0.2) is 0 Å². The van der Waals surface area contributed by atoms with E-state index >= 15 is 0 Å². The van der Waals surface area contributed by atoms with Crippen molar-refractivity contribution in [3.8, 4) is 0 Å². The zero-order valence-corrected chi connectivity index (χ0v) is 68.6. The number of amides is 18. The summed E-state index contributed by atoms with van der Waals surface area (Å²) in [5, 5.41) is 27.2. The molecule has 37 heteroatoms. The Balaban J connectivity index is 0.914. The molecule has 4 aliphatic rings. The number of carbonyl (C=O) groups is 18. The zero-order chi connectivity index (χ0) is 80.4. The van der Waals surface area contributed by atoms with Crippen LogP contribution in [0.15, 0.2) is 0 Å². The van der Waals surface area contributed by atoms with Gasteiger partial charge in [0.1, 0.15) is 6.04 Å². The fraction of sp³-hybridized carbons (Fsp3) is 0.753. The lowest BCUT2D eigenvalue weighted by Crippen LogP contribution is -2.47. The Morgan fingerprint density at radius 1 is 0.318 bits per heavy atom. The Bertz CT molecular complexity index is 3090. The average Bonchev–Trinajstić information content (AvgIpc) is 1.72. The Labute approximate surface area is 664 Å². The first-order chi connectivity index (χ1) is 52.9. The summed E-state index contributed by atoms with van der Waals surface area (Å²) in [7, 11) is 4.65. The molecule has 4 rings (SSSR count). The molecular formula is C73H120N14O18P2S3. The van der Waals surface area contributed by atoms with E-state index in [1.807, 2.05) is 0 Å². The van der Waals surface area contributed by atoms with Crippen molar-refractivity contribution >= 4 is 161 Å². The van der Waals surface area contributed by atoms with Crippen molar-refractivity contribution in [2.45, 2.75) is 246 Å². The van der Waals surface area contributed by atoms with Crippen molar-refractivity contribution in [1.82, 2.24) is 72.8 Å². The second-order valence-corrected chi connectivity index (χ2v) is 32.5. The van der Waals surface area contributed by atoms with Gasteiger partial charge in [0.25, 0.3) is 0 Å². The van der Waals surface area contributed by atoms with Gasteiger partial charge in [-0.15, -0.1) is 42.0 Å². The fourth-order valence-electron chi connectivity index (χ4n) is 12.3. The van der Waals surface area contributed by atoms with Crippen LogP contribution in [0.4, 0.5) is 0 Å². The number of imide groups is 4. The highest BCUT2D eigenvalue weighted by atomic mass is 32.2. The van der Waals surface area contributed by atoms with E-state index in [2.05, 4.69) is 84.3 Å². The van der Waals surface area contributed by atoms with Crippen LogP contribution >= 0.6 is 54.6 Å². The number of thioether (sulfide) groups is 2. The monoisotopic (exact) mass is 1640 g/mol. The summed E-state index contributed by atoms with van der Waals surface area (Å²) in [5.74, 6) is -3.86. The van der Waals surface area contributed by atoms with E-state index in [4.69, 9.17) is 0 Å². The predicted octanol–water partition coefficient (Wildman–Crippen LogP) is 1.88. The zero-order valence-electron chi connectivity index (χ0n) is 63.8. The van der Waals surface area contributed by atoms with Crippen LogP contribution in [-0.4, -0.2) is 256 Å². The molecule has 6 unspecified atom stereocenters. The first-order valence-electron chi connectivity index (χ1n) is 39.3. The molecular weight excluding hydrogens is 1520 g/mol. The molecule has 0 aliphatic carbocycles. The van der Waals surface area contributed by atoms with E-state index in [-0.39, 0.29) is 198 Å². The van der Waals surface area contributed by atoms with Gasteiger partial charge in [-0.1, -0.05) is 51.4 Å². The standard InChI is InChI=1S/C73H120N14O18P2S3/c88-56(74-31-12-1-3-14-33-79-61(93)28-44-108)22-9-7-18-36-76-59(91)25-41-86-67(99)49-54(72(86)104)109-45-29-62(94)80-34-15-4-2-13-32-75-57(89)23-10-8-19-37-77-60(92)26-42-87-68(100)50-55(73(87)105)110-46-30-63(95)81-35-16-5-6-17-39-82-69(101)51(83-64(96)27-43-85-66(98)48-53(107)71(85)103)21-11-20-38-78-58(90)24-40-84-65(97)47-52(106)70(84)102/h51-55,108H,1-50,106-107H2,(H,74,88)(H,75,89)(H,76,91)(H,77,92)(H,78,90)(H,79,93)(H,80,94)(H,81,95)(H,82,101)(H,83,96)/t51-,52?,53?,54?,55?/m0/s1. The highest BCUT2D eigenvalue weighted by Crippen LogP contribution is 2.28. The molecule has 32 nitrogen and oxygen atoms in total. The van der Waals surface area contributed by atoms with Crippen molar-refractivity contribution < 1.29 is 86.3 Å². The molecule has 4 saturated heterocycles. The average molecular weight is 1640 g/mol. The number of hydrogen-bond donors (Lipinski definition) is 11. The van der Waals surface area contributed by atoms with Crippen molar-refractivity contribution in [2.24, 2.45) is 0 Å². The van der Waals surface area contributed by atoms with E-state index in [0.717, 1.165) is 90.2 Å². The van der Waals surface area contributed by atoms with Crippen LogP contribution in [-0.2, 0) is 86.3 Å². The minimum absolute atomic E-state index is 0.000724. The number of nitrogens with one attached hydrogen (secondary N) is 10. The van der Waals surface area contributed by atoms with Gasteiger partial charge in [-0.3, -0.25) is 106 Å². The number of unbranched alkanes of at least 4 members (excludes halogenated alkanes) is 14. The minimum Gasteiger partial charge on any atom is -0.356 e. The third-order valence-corrected chi connectivity index (χ3v) is 22.5. The van der Waals surface area contributed by atoms with Crippen LogP contribution < -0.4 is 53.2 Å². The van der Waals surface area contributed by atoms with Crippen LogP contribution in [0.1, 0.15) is 218 Å². The smallest absolute Gasteiger partial charge is 0.242 e. The molecule has 0 aromatic carbocycles. The molecule has 0 aromatic heterocycles. The maximum atomic E-state index is 13.3. The summed E-state index contributed by atoms with van der Waals surface area (Å²) < 4.78 is 0. The van der Waals surface area contributed by atoms with Gasteiger partial charge >= 0.3 is 0 Å². The number of carbonyl (C=O) groups excluding carboxylic acids is 18. The molecule has 0 aromatic rings. The lowest BCUT2D eigenvalue weighted by atomic mass is 10.1. The predicted molar refractivity (Wildman–Crippen MR) is 426 cm³/mol. The van der Waals surface area contributed by atoms with Gasteiger partial charge in [-0.05, 0) is 89.2 Å². The van der Waals surface area contributed by atoms with Crippen LogP contribution in [0.3, 0.4) is 0 Å². The van der Waals surface area contributed by atoms with Crippen LogP contribution in [0.25, 0.3) is 0 Å². The van der Waals surface area contributed by atoms with Gasteiger partial charge in [0.15, 0.2) is 0 Å². The third-order valence-electron chi connectivity index (χ3n) is 18.8. The van der Waals surface area contributed by atoms with Gasteiger partial charge in [-0.2, -0.15) is 12.6 Å². The van der Waals surface area contributed by atoms with Gasteiger partial charge in [0.2, 0.25) is 106 Å². The largest absolute Gasteiger partial charge is 0.356 e. The molecule has 18 amide bonds. The van der Waals surface area contributed by atoms with Crippen LogP contribution in [0, 0.1) is 0 Å². The molecule has 0 spiro atoms. The van der Waals surface area contributed by atoms with Gasteiger partial charge in [0.05, 0.1) is 21.8 Å². The first kappa shape index (κ1) is 95.5. The third kappa shape index (κ3) is 40.1. The highest BCUT2D eigenvalue weighted by molar-refractivity contribution is 8.00. The Morgan fingerprint density at radius 2 is 0.582 bits per heavy atom. The Kier molecular flexibility index (Phi) is 49.0. The molecule has 4 heterocycles. The van der Waals surface area contributed by atoms with E-state index in [1.165, 1.54) is 23.5 Å². The van der Waals surface area contributed by atoms with Crippen molar-refractivity contribution in [3.63, 3.8) is 0 Å². The Morgan fingerprint density at radius 3 is 0.900 bits per heavy atom. The quantitative estimate of drug-likeness (QED) is 0.0179. The number of thiol groups is 1. The molecule has 618 valence electrons. The molecule has 7 atom stereocenters. The minimum atomic E-state index is -0.923. The molecule has 0 bridgehead atoms. The first-order valence-corrected chi connectivity index (χ1v) is 43.4. The second kappa shape index (κ2) is 56.4. The van der Waals surface area contributed by atoms with E-state index in [0.29, 0.717) is 147 Å². The lowest BCUT2D eigenvalue weighted by molar-refractivity contribution is -0.140. The fourth-order valence-corrected chi connectivity index (χ4v) is 15.5. The molecule has 110 heavy (non-hydrogen) atoms. The van der Waals surface area contributed by atoms with E-state index in [1.54, 1.807) is 0 Å². The van der Waals surface area contributed by atoms with Crippen LogP contribution in [0.2, 0.25) is 0 Å². The molecule has 10 N–H and O–H groups in total. The number of nitrogens with zero attached hydrogens (tertiary/aromatic N) is 4. The van der Waals surface area contributed by atoms with Crippen LogP contribution in [0.5, 0.6) is 0 Å². The van der Waals surface area contributed by atoms with Crippen molar-refractivity contribution in [2.75, 3.05) is 102 Å².